The predicted molar refractivity (Wildman–Crippen MR) is 91.2 cm³/mol. The third kappa shape index (κ3) is 3.45. The van der Waals surface area contributed by atoms with Crippen LogP contribution in [-0.4, -0.2) is 12.5 Å². The molecule has 3 heteroatoms. The Hall–Kier alpha value is -1.51. The number of carbonyl (C=O) groups is 1. The average Bonchev–Trinajstić information content (AvgIpc) is 2.49. The molecule has 0 aromatic heterocycles. The highest BCUT2D eigenvalue weighted by atomic mass is 16.5. The van der Waals surface area contributed by atoms with E-state index >= 15 is 0 Å². The number of rotatable bonds is 4. The van der Waals surface area contributed by atoms with Crippen LogP contribution in [0.5, 0.6) is 5.75 Å². The number of hydrogen-bond acceptors (Lipinski definition) is 2. The summed E-state index contributed by atoms with van der Waals surface area (Å²) >= 11 is 0. The molecule has 0 radical (unpaired) electrons. The number of benzene rings is 1. The molecule has 22 heavy (non-hydrogen) atoms. The summed E-state index contributed by atoms with van der Waals surface area (Å²) < 4.78 is 5.44. The normalized spacial score (nSPS) is 17.8. The molecule has 1 amide bonds. The van der Waals surface area contributed by atoms with Crippen LogP contribution < -0.4 is 10.1 Å². The zero-order chi connectivity index (χ0) is 16.2. The van der Waals surface area contributed by atoms with Gasteiger partial charge in [0.1, 0.15) is 5.75 Å². The molecule has 3 nitrogen and oxygen atoms in total. The maximum atomic E-state index is 13.0. The molecule has 1 aromatic rings. The van der Waals surface area contributed by atoms with Gasteiger partial charge in [-0.1, -0.05) is 40.0 Å². The number of anilines is 1. The first-order valence-corrected chi connectivity index (χ1v) is 8.43. The highest BCUT2D eigenvalue weighted by Crippen LogP contribution is 2.50. The van der Waals surface area contributed by atoms with Crippen molar-refractivity contribution in [1.82, 2.24) is 0 Å². The number of hydrogen-bond donors (Lipinski definition) is 1. The van der Waals surface area contributed by atoms with Gasteiger partial charge in [0.05, 0.1) is 12.0 Å². The molecule has 1 aliphatic rings. The highest BCUT2D eigenvalue weighted by molar-refractivity contribution is 5.96. The third-order valence-corrected chi connectivity index (χ3v) is 5.00. The monoisotopic (exact) mass is 303 g/mol. The summed E-state index contributed by atoms with van der Waals surface area (Å²) in [5.74, 6) is 1.01. The van der Waals surface area contributed by atoms with Gasteiger partial charge in [0.2, 0.25) is 5.91 Å². The summed E-state index contributed by atoms with van der Waals surface area (Å²) in [6.07, 6.45) is 5.51. The molecule has 0 heterocycles. The Morgan fingerprint density at radius 2 is 1.73 bits per heavy atom. The zero-order valence-corrected chi connectivity index (χ0v) is 14.4. The van der Waals surface area contributed by atoms with Crippen LogP contribution in [0, 0.1) is 10.8 Å². The van der Waals surface area contributed by atoms with Crippen LogP contribution in [0.2, 0.25) is 0 Å². The van der Waals surface area contributed by atoms with Gasteiger partial charge in [0, 0.05) is 5.69 Å². The molecule has 0 bridgehead atoms. The molecule has 1 saturated carbocycles. The standard InChI is InChI=1S/C19H29NO2/c1-5-22-16-11-9-15(10-12-16)20-17(21)19(18(2,3)4)13-7-6-8-14-19/h9-12H,5-8,13-14H2,1-4H3,(H,20,21). The van der Waals surface area contributed by atoms with Crippen molar-refractivity contribution in [3.63, 3.8) is 0 Å². The quantitative estimate of drug-likeness (QED) is 0.848. The summed E-state index contributed by atoms with van der Waals surface area (Å²) in [5.41, 5.74) is 0.565. The first-order chi connectivity index (χ1) is 10.4. The predicted octanol–water partition coefficient (Wildman–Crippen LogP) is 5.02. The molecule has 1 N–H and O–H groups in total. The summed E-state index contributed by atoms with van der Waals surface area (Å²) in [6.45, 7) is 9.19. The minimum Gasteiger partial charge on any atom is -0.494 e. The lowest BCUT2D eigenvalue weighted by molar-refractivity contribution is -0.135. The van der Waals surface area contributed by atoms with E-state index in [0.29, 0.717) is 6.61 Å². The van der Waals surface area contributed by atoms with Crippen LogP contribution in [0.3, 0.4) is 0 Å². The van der Waals surface area contributed by atoms with Crippen molar-refractivity contribution in [2.24, 2.45) is 10.8 Å². The van der Waals surface area contributed by atoms with Gasteiger partial charge in [0.15, 0.2) is 0 Å². The Morgan fingerprint density at radius 3 is 2.23 bits per heavy atom. The van der Waals surface area contributed by atoms with Crippen molar-refractivity contribution in [1.29, 1.82) is 0 Å². The van der Waals surface area contributed by atoms with E-state index in [1.54, 1.807) is 0 Å². The van der Waals surface area contributed by atoms with Crippen LogP contribution in [0.4, 0.5) is 5.69 Å². The number of ether oxygens (including phenoxy) is 1. The van der Waals surface area contributed by atoms with E-state index < -0.39 is 0 Å². The Morgan fingerprint density at radius 1 is 1.14 bits per heavy atom. The molecule has 1 aromatic carbocycles. The van der Waals surface area contributed by atoms with E-state index in [1.165, 1.54) is 6.42 Å². The summed E-state index contributed by atoms with van der Waals surface area (Å²) in [6, 6.07) is 7.65. The molecule has 0 spiro atoms. The maximum absolute atomic E-state index is 13.0. The van der Waals surface area contributed by atoms with Crippen molar-refractivity contribution in [2.45, 2.75) is 59.8 Å². The molecule has 1 aliphatic carbocycles. The second-order valence-corrected chi connectivity index (χ2v) is 7.30. The largest absolute Gasteiger partial charge is 0.494 e. The molecule has 1 fully saturated rings. The fourth-order valence-electron chi connectivity index (χ4n) is 3.52. The molecule has 0 aliphatic heterocycles. The molecule has 0 unspecified atom stereocenters. The molecular formula is C19H29NO2. The van der Waals surface area contributed by atoms with E-state index in [4.69, 9.17) is 4.74 Å². The van der Waals surface area contributed by atoms with Crippen LogP contribution >= 0.6 is 0 Å². The Bertz CT molecular complexity index is 493. The molecule has 0 atom stereocenters. The van der Waals surface area contributed by atoms with Crippen molar-refractivity contribution in [3.05, 3.63) is 24.3 Å². The van der Waals surface area contributed by atoms with Crippen LogP contribution in [0.1, 0.15) is 59.8 Å². The minimum absolute atomic E-state index is 0.0250. The van der Waals surface area contributed by atoms with Gasteiger partial charge in [-0.3, -0.25) is 4.79 Å². The first-order valence-electron chi connectivity index (χ1n) is 8.43. The summed E-state index contributed by atoms with van der Waals surface area (Å²) in [5, 5.41) is 3.13. The Labute approximate surface area is 134 Å². The second-order valence-electron chi connectivity index (χ2n) is 7.30. The maximum Gasteiger partial charge on any atom is 0.231 e. The summed E-state index contributed by atoms with van der Waals surface area (Å²) in [7, 11) is 0. The van der Waals surface area contributed by atoms with Crippen LogP contribution in [0.25, 0.3) is 0 Å². The molecule has 0 saturated heterocycles. The van der Waals surface area contributed by atoms with E-state index in [9.17, 15) is 4.79 Å². The SMILES string of the molecule is CCOc1ccc(NC(=O)C2(C(C)(C)C)CCCCC2)cc1. The van der Waals surface area contributed by atoms with Crippen molar-refractivity contribution >= 4 is 11.6 Å². The van der Waals surface area contributed by atoms with Crippen LogP contribution in [-0.2, 0) is 4.79 Å². The van der Waals surface area contributed by atoms with E-state index in [-0.39, 0.29) is 16.7 Å². The minimum atomic E-state index is -0.260. The van der Waals surface area contributed by atoms with Gasteiger partial charge in [0.25, 0.3) is 0 Å². The van der Waals surface area contributed by atoms with E-state index in [0.717, 1.165) is 37.1 Å². The molecule has 122 valence electrons. The van der Waals surface area contributed by atoms with Gasteiger partial charge in [-0.25, -0.2) is 0 Å². The van der Waals surface area contributed by atoms with Crippen molar-refractivity contribution in [2.75, 3.05) is 11.9 Å². The van der Waals surface area contributed by atoms with Gasteiger partial charge < -0.3 is 10.1 Å². The molecule has 2 rings (SSSR count). The fourth-order valence-corrected chi connectivity index (χ4v) is 3.52. The fraction of sp³-hybridized carbons (Fsp3) is 0.632. The Kier molecular flexibility index (Phi) is 5.15. The Balaban J connectivity index is 2.14. The number of carbonyl (C=O) groups excluding carboxylic acids is 1. The number of amides is 1. The first kappa shape index (κ1) is 16.9. The second kappa shape index (κ2) is 6.72. The van der Waals surface area contributed by atoms with Gasteiger partial charge in [-0.15, -0.1) is 0 Å². The lowest BCUT2D eigenvalue weighted by atomic mass is 9.59. The summed E-state index contributed by atoms with van der Waals surface area (Å²) in [4.78, 5) is 13.0. The lowest BCUT2D eigenvalue weighted by Crippen LogP contribution is -2.47. The van der Waals surface area contributed by atoms with Crippen molar-refractivity contribution < 1.29 is 9.53 Å². The van der Waals surface area contributed by atoms with Crippen LogP contribution in [0.15, 0.2) is 24.3 Å². The smallest absolute Gasteiger partial charge is 0.231 e. The highest BCUT2D eigenvalue weighted by Gasteiger charge is 2.48. The van der Waals surface area contributed by atoms with E-state index in [2.05, 4.69) is 26.1 Å². The number of nitrogens with one attached hydrogen (secondary N) is 1. The van der Waals surface area contributed by atoms with Crippen molar-refractivity contribution in [3.8, 4) is 5.75 Å². The topological polar surface area (TPSA) is 38.3 Å². The van der Waals surface area contributed by atoms with Gasteiger partial charge in [-0.2, -0.15) is 0 Å². The van der Waals surface area contributed by atoms with E-state index in [1.807, 2.05) is 31.2 Å². The lowest BCUT2D eigenvalue weighted by Gasteiger charge is -2.46. The van der Waals surface area contributed by atoms with Gasteiger partial charge in [-0.05, 0) is 49.4 Å². The zero-order valence-electron chi connectivity index (χ0n) is 14.4. The molecular weight excluding hydrogens is 274 g/mol. The third-order valence-electron chi connectivity index (χ3n) is 5.00. The average molecular weight is 303 g/mol. The van der Waals surface area contributed by atoms with Gasteiger partial charge >= 0.3 is 0 Å².